The van der Waals surface area contributed by atoms with Gasteiger partial charge in [-0.2, -0.15) is 8.78 Å². The number of ether oxygens (including phenoxy) is 2. The van der Waals surface area contributed by atoms with E-state index in [4.69, 9.17) is 4.74 Å². The maximum Gasteiger partial charge on any atom is 0.387 e. The fourth-order valence-corrected chi connectivity index (χ4v) is 1.76. The number of carbonyl (C=O) groups is 1. The summed E-state index contributed by atoms with van der Waals surface area (Å²) in [6, 6.07) is 2.66. The monoisotopic (exact) mass is 258 g/mol. The smallest absolute Gasteiger partial charge is 0.387 e. The Bertz CT molecular complexity index is 400. The van der Waals surface area contributed by atoms with Crippen molar-refractivity contribution in [1.82, 2.24) is 9.88 Å². The zero-order valence-corrected chi connectivity index (χ0v) is 9.46. The van der Waals surface area contributed by atoms with Crippen LogP contribution in [0.5, 0.6) is 5.75 Å². The van der Waals surface area contributed by atoms with Crippen LogP contribution in [-0.4, -0.2) is 42.7 Å². The van der Waals surface area contributed by atoms with E-state index in [-0.39, 0.29) is 11.8 Å². The van der Waals surface area contributed by atoms with Gasteiger partial charge in [0.1, 0.15) is 5.75 Å². The molecule has 2 heterocycles. The fraction of sp³-hybridized carbons (Fsp3) is 0.455. The average Bonchev–Trinajstić information content (AvgIpc) is 2.39. The van der Waals surface area contributed by atoms with Crippen LogP contribution in [0.4, 0.5) is 8.78 Å². The molecule has 0 unspecified atom stereocenters. The van der Waals surface area contributed by atoms with Gasteiger partial charge in [0.25, 0.3) is 0 Å². The van der Waals surface area contributed by atoms with E-state index in [1.54, 1.807) is 11.0 Å². The highest BCUT2D eigenvalue weighted by Crippen LogP contribution is 2.23. The summed E-state index contributed by atoms with van der Waals surface area (Å²) in [6.07, 6.45) is 1.94. The van der Waals surface area contributed by atoms with Crippen molar-refractivity contribution in [2.75, 3.05) is 19.8 Å². The highest BCUT2D eigenvalue weighted by atomic mass is 19.3. The van der Waals surface area contributed by atoms with Gasteiger partial charge in [-0.15, -0.1) is 0 Å². The molecule has 98 valence electrons. The van der Waals surface area contributed by atoms with Gasteiger partial charge in [0.15, 0.2) is 0 Å². The summed E-state index contributed by atoms with van der Waals surface area (Å²) in [7, 11) is 0. The number of aromatic nitrogens is 1. The second-order valence-electron chi connectivity index (χ2n) is 3.73. The summed E-state index contributed by atoms with van der Waals surface area (Å²) >= 11 is 0. The molecule has 7 heteroatoms. The third-order valence-corrected chi connectivity index (χ3v) is 2.63. The molecule has 1 aromatic heterocycles. The first-order valence-corrected chi connectivity index (χ1v) is 5.40. The molecule has 0 radical (unpaired) electrons. The van der Waals surface area contributed by atoms with Crippen molar-refractivity contribution >= 4 is 6.41 Å². The molecule has 1 fully saturated rings. The van der Waals surface area contributed by atoms with Crippen LogP contribution < -0.4 is 4.74 Å². The number of carbonyl (C=O) groups excluding carboxylic acids is 1. The SMILES string of the molecule is O=CN1CCOC[C@@H]1c1ccc(OC(F)F)cn1. The topological polar surface area (TPSA) is 51.7 Å². The summed E-state index contributed by atoms with van der Waals surface area (Å²) in [5.41, 5.74) is 0.586. The van der Waals surface area contributed by atoms with Crippen molar-refractivity contribution in [1.29, 1.82) is 0 Å². The van der Waals surface area contributed by atoms with Crippen LogP contribution >= 0.6 is 0 Å². The predicted molar refractivity (Wildman–Crippen MR) is 57.2 cm³/mol. The van der Waals surface area contributed by atoms with Gasteiger partial charge >= 0.3 is 6.61 Å². The van der Waals surface area contributed by atoms with E-state index in [1.807, 2.05) is 0 Å². The first kappa shape index (κ1) is 12.7. The maximum atomic E-state index is 12.0. The van der Waals surface area contributed by atoms with Gasteiger partial charge in [0, 0.05) is 6.54 Å². The van der Waals surface area contributed by atoms with Gasteiger partial charge in [-0.3, -0.25) is 9.78 Å². The van der Waals surface area contributed by atoms with Gasteiger partial charge in [0.2, 0.25) is 6.41 Å². The lowest BCUT2D eigenvalue weighted by Crippen LogP contribution is -2.38. The molecule has 1 atom stereocenters. The number of halogens is 2. The van der Waals surface area contributed by atoms with Crippen LogP contribution in [-0.2, 0) is 9.53 Å². The van der Waals surface area contributed by atoms with Gasteiger partial charge in [-0.1, -0.05) is 0 Å². The van der Waals surface area contributed by atoms with Crippen LogP contribution in [0.2, 0.25) is 0 Å². The Morgan fingerprint density at radius 2 is 2.39 bits per heavy atom. The zero-order valence-electron chi connectivity index (χ0n) is 9.46. The summed E-state index contributed by atoms with van der Waals surface area (Å²) in [5, 5.41) is 0. The van der Waals surface area contributed by atoms with E-state index in [2.05, 4.69) is 9.72 Å². The summed E-state index contributed by atoms with van der Waals surface area (Å²) in [6.45, 7) is -1.55. The maximum absolute atomic E-state index is 12.0. The quantitative estimate of drug-likeness (QED) is 0.762. The molecule has 0 aliphatic carbocycles. The van der Waals surface area contributed by atoms with Crippen molar-refractivity contribution < 1.29 is 23.0 Å². The van der Waals surface area contributed by atoms with Crippen LogP contribution in [0.15, 0.2) is 18.3 Å². The van der Waals surface area contributed by atoms with E-state index in [9.17, 15) is 13.6 Å². The Morgan fingerprint density at radius 3 is 3.00 bits per heavy atom. The van der Waals surface area contributed by atoms with E-state index < -0.39 is 6.61 Å². The third-order valence-electron chi connectivity index (χ3n) is 2.63. The number of hydrogen-bond acceptors (Lipinski definition) is 4. The normalized spacial score (nSPS) is 19.9. The average molecular weight is 258 g/mol. The lowest BCUT2D eigenvalue weighted by Gasteiger charge is -2.32. The molecule has 1 aromatic rings. The standard InChI is InChI=1S/C11H12F2N2O3/c12-11(13)18-8-1-2-9(14-5-8)10-6-17-4-3-15(10)7-16/h1-2,5,7,10-11H,3-4,6H2/t10-/m1/s1. The number of amides is 1. The molecular formula is C11H12F2N2O3. The van der Waals surface area contributed by atoms with Gasteiger partial charge in [0.05, 0.1) is 31.1 Å². The first-order valence-electron chi connectivity index (χ1n) is 5.40. The Morgan fingerprint density at radius 1 is 1.56 bits per heavy atom. The van der Waals surface area contributed by atoms with Gasteiger partial charge in [-0.05, 0) is 12.1 Å². The summed E-state index contributed by atoms with van der Waals surface area (Å²) in [4.78, 5) is 16.5. The van der Waals surface area contributed by atoms with Crippen molar-refractivity contribution in [2.45, 2.75) is 12.7 Å². The minimum Gasteiger partial charge on any atom is -0.433 e. The second-order valence-corrected chi connectivity index (χ2v) is 3.73. The molecule has 0 spiro atoms. The highest BCUT2D eigenvalue weighted by Gasteiger charge is 2.24. The van der Waals surface area contributed by atoms with Crippen LogP contribution in [0.1, 0.15) is 11.7 Å². The second kappa shape index (κ2) is 5.72. The van der Waals surface area contributed by atoms with E-state index >= 15 is 0 Å². The Balaban J connectivity index is 2.10. The number of hydrogen-bond donors (Lipinski definition) is 0. The van der Waals surface area contributed by atoms with Crippen molar-refractivity contribution in [2.24, 2.45) is 0 Å². The Hall–Kier alpha value is -1.76. The molecule has 0 N–H and O–H groups in total. The minimum atomic E-state index is -2.87. The van der Waals surface area contributed by atoms with Crippen LogP contribution in [0.3, 0.4) is 0 Å². The highest BCUT2D eigenvalue weighted by molar-refractivity contribution is 5.48. The molecule has 1 aliphatic heterocycles. The molecule has 1 saturated heterocycles. The molecule has 5 nitrogen and oxygen atoms in total. The minimum absolute atomic E-state index is 0.0110. The van der Waals surface area contributed by atoms with Gasteiger partial charge < -0.3 is 14.4 Å². The van der Waals surface area contributed by atoms with Gasteiger partial charge in [-0.25, -0.2) is 0 Å². The van der Waals surface area contributed by atoms with Crippen LogP contribution in [0, 0.1) is 0 Å². The van der Waals surface area contributed by atoms with E-state index in [0.29, 0.717) is 25.5 Å². The number of alkyl halides is 2. The fourth-order valence-electron chi connectivity index (χ4n) is 1.76. The van der Waals surface area contributed by atoms with Crippen LogP contribution in [0.25, 0.3) is 0 Å². The van der Waals surface area contributed by atoms with E-state index in [1.165, 1.54) is 12.3 Å². The molecular weight excluding hydrogens is 246 g/mol. The molecule has 1 aliphatic rings. The molecule has 1 amide bonds. The molecule has 0 saturated carbocycles. The largest absolute Gasteiger partial charge is 0.433 e. The van der Waals surface area contributed by atoms with E-state index in [0.717, 1.165) is 6.41 Å². The molecule has 2 rings (SSSR count). The number of morpholine rings is 1. The predicted octanol–water partition coefficient (Wildman–Crippen LogP) is 1.21. The Labute approximate surface area is 102 Å². The third kappa shape index (κ3) is 2.92. The van der Waals surface area contributed by atoms with Crippen molar-refractivity contribution in [3.63, 3.8) is 0 Å². The summed E-state index contributed by atoms with van der Waals surface area (Å²) in [5.74, 6) is -0.0110. The first-order chi connectivity index (χ1) is 8.70. The lowest BCUT2D eigenvalue weighted by atomic mass is 10.1. The molecule has 0 bridgehead atoms. The number of rotatable bonds is 4. The van der Waals surface area contributed by atoms with Crippen molar-refractivity contribution in [3.8, 4) is 5.75 Å². The molecule has 18 heavy (non-hydrogen) atoms. The van der Waals surface area contributed by atoms with Crippen molar-refractivity contribution in [3.05, 3.63) is 24.0 Å². The summed E-state index contributed by atoms with van der Waals surface area (Å²) < 4.78 is 33.4. The molecule has 0 aromatic carbocycles. The lowest BCUT2D eigenvalue weighted by molar-refractivity contribution is -0.126. The number of pyridine rings is 1. The Kier molecular flexibility index (Phi) is 4.03. The number of nitrogens with zero attached hydrogens (tertiary/aromatic N) is 2. The zero-order chi connectivity index (χ0) is 13.0.